The first kappa shape index (κ1) is 22.9. The summed E-state index contributed by atoms with van der Waals surface area (Å²) >= 11 is 0. The molecular formula is C19H16F3N3O6S. The van der Waals surface area contributed by atoms with Crippen LogP contribution in [-0.2, 0) is 30.5 Å². The Hall–Kier alpha value is -3.74. The minimum absolute atomic E-state index is 0.132. The summed E-state index contributed by atoms with van der Waals surface area (Å²) in [6, 6.07) is 8.36. The van der Waals surface area contributed by atoms with Crippen molar-refractivity contribution in [3.63, 3.8) is 0 Å². The number of benzene rings is 2. The number of hydrazine groups is 1. The van der Waals surface area contributed by atoms with Gasteiger partial charge in [0.2, 0.25) is 5.76 Å². The average molecular weight is 471 g/mol. The standard InChI is InChI=1S/C19H16F3N3O6S/c20-19(21,22)13-4-2-5-14(10-13)25-32(28,29)15-6-1-3-12(9-15)17(26)23-24-18(27)16-11-30-7-8-31-16/h1-6,9-11,25H,7-8H2,(H,23,26)(H,24,27). The third-order valence-corrected chi connectivity index (χ3v) is 5.39. The Balaban J connectivity index is 1.71. The van der Waals surface area contributed by atoms with Gasteiger partial charge in [-0.05, 0) is 36.4 Å². The lowest BCUT2D eigenvalue weighted by Gasteiger charge is -2.15. The van der Waals surface area contributed by atoms with Gasteiger partial charge in [-0.25, -0.2) is 8.42 Å². The fourth-order valence-corrected chi connectivity index (χ4v) is 3.61. The minimum atomic E-state index is -4.64. The molecule has 0 fully saturated rings. The highest BCUT2D eigenvalue weighted by Crippen LogP contribution is 2.31. The monoisotopic (exact) mass is 471 g/mol. The van der Waals surface area contributed by atoms with Crippen LogP contribution in [0.1, 0.15) is 15.9 Å². The molecule has 3 N–H and O–H groups in total. The zero-order chi connectivity index (χ0) is 23.4. The summed E-state index contributed by atoms with van der Waals surface area (Å²) < 4.78 is 75.7. The Bertz CT molecular complexity index is 1160. The second-order valence-electron chi connectivity index (χ2n) is 6.32. The van der Waals surface area contributed by atoms with Gasteiger partial charge >= 0.3 is 12.1 Å². The first-order valence-electron chi connectivity index (χ1n) is 8.92. The topological polar surface area (TPSA) is 123 Å². The van der Waals surface area contributed by atoms with E-state index < -0.39 is 33.6 Å². The predicted octanol–water partition coefficient (Wildman–Crippen LogP) is 2.16. The number of anilines is 1. The molecule has 0 aliphatic carbocycles. The highest BCUT2D eigenvalue weighted by atomic mass is 32.2. The van der Waals surface area contributed by atoms with Gasteiger partial charge in [-0.15, -0.1) is 0 Å². The summed E-state index contributed by atoms with van der Waals surface area (Å²) in [5.74, 6) is -1.78. The maximum absolute atomic E-state index is 12.8. The van der Waals surface area contributed by atoms with Crippen LogP contribution in [0.4, 0.5) is 18.9 Å². The molecule has 2 amide bonds. The van der Waals surface area contributed by atoms with Gasteiger partial charge in [-0.3, -0.25) is 25.2 Å². The first-order valence-corrected chi connectivity index (χ1v) is 10.4. The molecule has 0 aromatic heterocycles. The highest BCUT2D eigenvalue weighted by Gasteiger charge is 2.30. The highest BCUT2D eigenvalue weighted by molar-refractivity contribution is 7.92. The number of nitrogens with one attached hydrogen (secondary N) is 3. The van der Waals surface area contributed by atoms with Crippen molar-refractivity contribution in [1.82, 2.24) is 10.9 Å². The molecule has 2 aromatic carbocycles. The van der Waals surface area contributed by atoms with Gasteiger partial charge in [0.15, 0.2) is 0 Å². The van der Waals surface area contributed by atoms with Gasteiger partial charge in [-0.1, -0.05) is 12.1 Å². The number of hydrogen-bond acceptors (Lipinski definition) is 6. The number of rotatable bonds is 5. The van der Waals surface area contributed by atoms with Crippen LogP contribution in [0.2, 0.25) is 0 Å². The number of carbonyl (C=O) groups is 2. The minimum Gasteiger partial charge on any atom is -0.494 e. The SMILES string of the molecule is O=C(NNC(=O)c1cccc(S(=O)(=O)Nc2cccc(C(F)(F)F)c2)c1)C1=COCCO1. The Morgan fingerprint density at radius 2 is 1.66 bits per heavy atom. The third kappa shape index (κ3) is 5.69. The Labute approximate surface area is 180 Å². The quantitative estimate of drug-likeness (QED) is 0.575. The Kier molecular flexibility index (Phi) is 6.58. The molecule has 32 heavy (non-hydrogen) atoms. The van der Waals surface area contributed by atoms with Gasteiger partial charge in [-0.2, -0.15) is 13.2 Å². The number of amides is 2. The van der Waals surface area contributed by atoms with Crippen molar-refractivity contribution in [1.29, 1.82) is 0 Å². The Morgan fingerprint density at radius 1 is 0.938 bits per heavy atom. The van der Waals surface area contributed by atoms with E-state index in [-0.39, 0.29) is 35.1 Å². The molecule has 0 radical (unpaired) electrons. The molecule has 1 aliphatic rings. The third-order valence-electron chi connectivity index (χ3n) is 4.01. The number of hydrogen-bond donors (Lipinski definition) is 3. The first-order chi connectivity index (χ1) is 15.1. The molecule has 0 unspecified atom stereocenters. The maximum atomic E-state index is 12.8. The molecule has 0 bridgehead atoms. The second kappa shape index (κ2) is 9.18. The van der Waals surface area contributed by atoms with Crippen LogP contribution in [0.5, 0.6) is 0 Å². The average Bonchev–Trinajstić information content (AvgIpc) is 2.77. The van der Waals surface area contributed by atoms with Crippen molar-refractivity contribution in [2.45, 2.75) is 11.1 Å². The Morgan fingerprint density at radius 3 is 2.34 bits per heavy atom. The number of ether oxygens (including phenoxy) is 2. The van der Waals surface area contributed by atoms with Crippen molar-refractivity contribution in [3.05, 3.63) is 71.7 Å². The summed E-state index contributed by atoms with van der Waals surface area (Å²) in [5, 5.41) is 0. The molecule has 1 heterocycles. The molecular weight excluding hydrogens is 455 g/mol. The van der Waals surface area contributed by atoms with Gasteiger partial charge in [0.1, 0.15) is 19.5 Å². The number of halogens is 3. The van der Waals surface area contributed by atoms with E-state index in [0.717, 1.165) is 36.6 Å². The molecule has 1 aliphatic heterocycles. The second-order valence-corrected chi connectivity index (χ2v) is 8.00. The number of sulfonamides is 1. The summed E-state index contributed by atoms with van der Waals surface area (Å²) in [5.41, 5.74) is 2.72. The maximum Gasteiger partial charge on any atom is 0.416 e. The fraction of sp³-hybridized carbons (Fsp3) is 0.158. The molecule has 0 saturated heterocycles. The molecule has 170 valence electrons. The van der Waals surface area contributed by atoms with Gasteiger partial charge in [0, 0.05) is 11.3 Å². The van der Waals surface area contributed by atoms with Crippen LogP contribution in [0, 0.1) is 0 Å². The zero-order valence-electron chi connectivity index (χ0n) is 16.1. The summed E-state index contributed by atoms with van der Waals surface area (Å²) in [6.07, 6.45) is -3.56. The van der Waals surface area contributed by atoms with Gasteiger partial charge in [0.25, 0.3) is 15.9 Å². The van der Waals surface area contributed by atoms with E-state index in [1.807, 2.05) is 4.72 Å². The largest absolute Gasteiger partial charge is 0.494 e. The van der Waals surface area contributed by atoms with Gasteiger partial charge in [0.05, 0.1) is 10.5 Å². The van der Waals surface area contributed by atoms with Crippen molar-refractivity contribution in [3.8, 4) is 0 Å². The van der Waals surface area contributed by atoms with E-state index in [1.165, 1.54) is 12.1 Å². The van der Waals surface area contributed by atoms with E-state index in [0.29, 0.717) is 6.07 Å². The van der Waals surface area contributed by atoms with Crippen molar-refractivity contribution in [2.75, 3.05) is 17.9 Å². The summed E-state index contributed by atoms with van der Waals surface area (Å²) in [7, 11) is -4.31. The molecule has 0 saturated carbocycles. The van der Waals surface area contributed by atoms with Crippen LogP contribution in [0.3, 0.4) is 0 Å². The van der Waals surface area contributed by atoms with E-state index in [4.69, 9.17) is 9.47 Å². The van der Waals surface area contributed by atoms with E-state index >= 15 is 0 Å². The normalized spacial score (nSPS) is 13.8. The van der Waals surface area contributed by atoms with Crippen LogP contribution >= 0.6 is 0 Å². The lowest BCUT2D eigenvalue weighted by atomic mass is 10.2. The molecule has 0 atom stereocenters. The van der Waals surface area contributed by atoms with Crippen molar-refractivity contribution in [2.24, 2.45) is 0 Å². The van der Waals surface area contributed by atoms with E-state index in [1.54, 1.807) is 0 Å². The van der Waals surface area contributed by atoms with Crippen molar-refractivity contribution < 1.29 is 40.7 Å². The van der Waals surface area contributed by atoms with Crippen LogP contribution in [0.25, 0.3) is 0 Å². The fourth-order valence-electron chi connectivity index (χ4n) is 2.51. The van der Waals surface area contributed by atoms with E-state index in [2.05, 4.69) is 10.9 Å². The van der Waals surface area contributed by atoms with Crippen LogP contribution < -0.4 is 15.6 Å². The molecule has 3 rings (SSSR count). The van der Waals surface area contributed by atoms with Gasteiger partial charge < -0.3 is 9.47 Å². The number of carbonyl (C=O) groups excluding carboxylic acids is 2. The van der Waals surface area contributed by atoms with Crippen molar-refractivity contribution >= 4 is 27.5 Å². The zero-order valence-corrected chi connectivity index (χ0v) is 16.9. The molecule has 9 nitrogen and oxygen atoms in total. The lowest BCUT2D eigenvalue weighted by Crippen LogP contribution is -2.43. The summed E-state index contributed by atoms with van der Waals surface area (Å²) in [4.78, 5) is 23.8. The molecule has 13 heteroatoms. The predicted molar refractivity (Wildman–Crippen MR) is 104 cm³/mol. The van der Waals surface area contributed by atoms with E-state index in [9.17, 15) is 31.2 Å². The van der Waals surface area contributed by atoms with Crippen LogP contribution in [0.15, 0.2) is 65.4 Å². The molecule has 0 spiro atoms. The number of alkyl halides is 3. The summed E-state index contributed by atoms with van der Waals surface area (Å²) in [6.45, 7) is 0.435. The van der Waals surface area contributed by atoms with Crippen LogP contribution in [-0.4, -0.2) is 33.4 Å². The lowest BCUT2D eigenvalue weighted by molar-refractivity contribution is -0.137. The molecule has 2 aromatic rings. The smallest absolute Gasteiger partial charge is 0.416 e.